The molecular formula is C8H13F3O2S. The number of aliphatic carboxylic acids is 1. The van der Waals surface area contributed by atoms with E-state index < -0.39 is 17.4 Å². The molecule has 0 rings (SSSR count). The van der Waals surface area contributed by atoms with E-state index in [4.69, 9.17) is 5.11 Å². The predicted octanol–water partition coefficient (Wildman–Crippen LogP) is 3.13. The highest BCUT2D eigenvalue weighted by atomic mass is 32.2. The van der Waals surface area contributed by atoms with Crippen LogP contribution in [0.2, 0.25) is 0 Å². The van der Waals surface area contributed by atoms with E-state index >= 15 is 0 Å². The second-order valence-electron chi connectivity index (χ2n) is 2.91. The summed E-state index contributed by atoms with van der Waals surface area (Å²) in [6.07, 6.45) is 1.19. The zero-order valence-corrected chi connectivity index (χ0v) is 8.62. The third-order valence-corrected chi connectivity index (χ3v) is 2.49. The van der Waals surface area contributed by atoms with Gasteiger partial charge in [-0.3, -0.25) is 4.79 Å². The Kier molecular flexibility index (Phi) is 5.99. The van der Waals surface area contributed by atoms with Gasteiger partial charge in [0.05, 0.1) is 5.92 Å². The number of carbonyl (C=O) groups is 1. The maximum Gasteiger partial charge on any atom is 0.441 e. The fourth-order valence-electron chi connectivity index (χ4n) is 1.06. The van der Waals surface area contributed by atoms with Crippen LogP contribution in [0.3, 0.4) is 0 Å². The standard InChI is InChI=1S/C8H13F3O2S/c1-2-3-6(7(12)13)4-5-14-8(9,10)11/h6H,2-5H2,1H3,(H,12,13). The van der Waals surface area contributed by atoms with Crippen molar-refractivity contribution in [3.63, 3.8) is 0 Å². The summed E-state index contributed by atoms with van der Waals surface area (Å²) in [7, 11) is 0. The van der Waals surface area contributed by atoms with Crippen LogP contribution in [-0.2, 0) is 4.79 Å². The second kappa shape index (κ2) is 6.16. The SMILES string of the molecule is CCCC(CCSC(F)(F)F)C(=O)O. The van der Waals surface area contributed by atoms with E-state index in [2.05, 4.69) is 0 Å². The Bertz CT molecular complexity index is 182. The van der Waals surface area contributed by atoms with Crippen molar-refractivity contribution in [1.29, 1.82) is 0 Å². The van der Waals surface area contributed by atoms with Crippen LogP contribution in [0.15, 0.2) is 0 Å². The summed E-state index contributed by atoms with van der Waals surface area (Å²) in [6.45, 7) is 1.81. The highest BCUT2D eigenvalue weighted by Gasteiger charge is 2.28. The summed E-state index contributed by atoms with van der Waals surface area (Å²) >= 11 is -0.158. The van der Waals surface area contributed by atoms with Gasteiger partial charge in [0.15, 0.2) is 0 Å². The maximum atomic E-state index is 11.7. The Morgan fingerprint density at radius 3 is 2.36 bits per heavy atom. The van der Waals surface area contributed by atoms with Gasteiger partial charge in [0.25, 0.3) is 0 Å². The van der Waals surface area contributed by atoms with Crippen LogP contribution >= 0.6 is 11.8 Å². The molecule has 0 saturated heterocycles. The number of carboxylic acid groups (broad SMARTS) is 1. The number of carboxylic acids is 1. The Morgan fingerprint density at radius 1 is 1.43 bits per heavy atom. The van der Waals surface area contributed by atoms with Gasteiger partial charge in [-0.25, -0.2) is 0 Å². The number of hydrogen-bond acceptors (Lipinski definition) is 2. The maximum absolute atomic E-state index is 11.7. The molecule has 0 bridgehead atoms. The zero-order valence-electron chi connectivity index (χ0n) is 7.80. The van der Waals surface area contributed by atoms with E-state index in [1.165, 1.54) is 0 Å². The molecule has 1 N–H and O–H groups in total. The van der Waals surface area contributed by atoms with Gasteiger partial charge in [0.1, 0.15) is 0 Å². The third-order valence-electron chi connectivity index (χ3n) is 1.72. The molecule has 0 aromatic carbocycles. The van der Waals surface area contributed by atoms with Crippen molar-refractivity contribution in [2.45, 2.75) is 31.7 Å². The van der Waals surface area contributed by atoms with Crippen LogP contribution in [0.1, 0.15) is 26.2 Å². The minimum absolute atomic E-state index is 0.0767. The van der Waals surface area contributed by atoms with Crippen molar-refractivity contribution in [3.8, 4) is 0 Å². The molecule has 0 aliphatic rings. The van der Waals surface area contributed by atoms with Crippen molar-refractivity contribution < 1.29 is 23.1 Å². The molecule has 0 fully saturated rings. The quantitative estimate of drug-likeness (QED) is 0.761. The predicted molar refractivity (Wildman–Crippen MR) is 49.2 cm³/mol. The molecule has 0 aliphatic carbocycles. The third kappa shape index (κ3) is 7.06. The van der Waals surface area contributed by atoms with Crippen molar-refractivity contribution in [3.05, 3.63) is 0 Å². The average Bonchev–Trinajstić information content (AvgIpc) is 2.00. The van der Waals surface area contributed by atoms with Crippen molar-refractivity contribution in [2.24, 2.45) is 5.92 Å². The summed E-state index contributed by atoms with van der Waals surface area (Å²) < 4.78 is 35.1. The molecule has 0 amide bonds. The van der Waals surface area contributed by atoms with Crippen LogP contribution in [0.4, 0.5) is 13.2 Å². The smallest absolute Gasteiger partial charge is 0.441 e. The van der Waals surface area contributed by atoms with Crippen LogP contribution in [0.5, 0.6) is 0 Å². The van der Waals surface area contributed by atoms with E-state index in [1.54, 1.807) is 0 Å². The minimum atomic E-state index is -4.25. The topological polar surface area (TPSA) is 37.3 Å². The lowest BCUT2D eigenvalue weighted by Gasteiger charge is -2.11. The summed E-state index contributed by atoms with van der Waals surface area (Å²) in [4.78, 5) is 10.6. The highest BCUT2D eigenvalue weighted by molar-refractivity contribution is 8.00. The lowest BCUT2D eigenvalue weighted by molar-refractivity contribution is -0.142. The van der Waals surface area contributed by atoms with Gasteiger partial charge in [-0.15, -0.1) is 0 Å². The van der Waals surface area contributed by atoms with Crippen molar-refractivity contribution in [2.75, 3.05) is 5.75 Å². The van der Waals surface area contributed by atoms with Gasteiger partial charge in [-0.2, -0.15) is 13.2 Å². The van der Waals surface area contributed by atoms with E-state index in [-0.39, 0.29) is 23.9 Å². The first-order valence-electron chi connectivity index (χ1n) is 4.30. The molecule has 0 saturated carbocycles. The van der Waals surface area contributed by atoms with E-state index in [0.717, 1.165) is 0 Å². The number of rotatable bonds is 6. The van der Waals surface area contributed by atoms with Crippen molar-refractivity contribution in [1.82, 2.24) is 0 Å². The van der Waals surface area contributed by atoms with Gasteiger partial charge < -0.3 is 5.11 Å². The zero-order chi connectivity index (χ0) is 11.2. The molecule has 84 valence electrons. The number of thioether (sulfide) groups is 1. The van der Waals surface area contributed by atoms with Crippen LogP contribution in [0, 0.1) is 5.92 Å². The van der Waals surface area contributed by atoms with E-state index in [9.17, 15) is 18.0 Å². The molecule has 6 heteroatoms. The van der Waals surface area contributed by atoms with E-state index in [1.807, 2.05) is 6.92 Å². The van der Waals surface area contributed by atoms with Gasteiger partial charge >= 0.3 is 11.5 Å². The first-order valence-corrected chi connectivity index (χ1v) is 5.29. The molecule has 2 nitrogen and oxygen atoms in total. The Balaban J connectivity index is 3.77. The molecule has 0 radical (unpaired) electrons. The van der Waals surface area contributed by atoms with E-state index in [0.29, 0.717) is 12.8 Å². The molecule has 1 atom stereocenters. The molecule has 0 heterocycles. The fraction of sp³-hybridized carbons (Fsp3) is 0.875. The lowest BCUT2D eigenvalue weighted by Crippen LogP contribution is -2.15. The monoisotopic (exact) mass is 230 g/mol. The van der Waals surface area contributed by atoms with Gasteiger partial charge in [-0.1, -0.05) is 25.1 Å². The normalized spacial score (nSPS) is 14.0. The van der Waals surface area contributed by atoms with Gasteiger partial charge in [-0.05, 0) is 12.8 Å². The Morgan fingerprint density at radius 2 is 2.00 bits per heavy atom. The van der Waals surface area contributed by atoms with Crippen LogP contribution in [0.25, 0.3) is 0 Å². The van der Waals surface area contributed by atoms with Crippen LogP contribution in [-0.4, -0.2) is 22.3 Å². The second-order valence-corrected chi connectivity index (χ2v) is 4.07. The lowest BCUT2D eigenvalue weighted by atomic mass is 10.0. The highest BCUT2D eigenvalue weighted by Crippen LogP contribution is 2.31. The molecule has 0 aromatic rings. The van der Waals surface area contributed by atoms with Crippen LogP contribution < -0.4 is 0 Å². The summed E-state index contributed by atoms with van der Waals surface area (Å²) in [5.74, 6) is -1.83. The van der Waals surface area contributed by atoms with Gasteiger partial charge in [0, 0.05) is 5.75 Å². The molecule has 1 unspecified atom stereocenters. The molecule has 14 heavy (non-hydrogen) atoms. The minimum Gasteiger partial charge on any atom is -0.481 e. The van der Waals surface area contributed by atoms with Crippen molar-refractivity contribution >= 4 is 17.7 Å². The number of halogens is 3. The first-order chi connectivity index (χ1) is 6.37. The largest absolute Gasteiger partial charge is 0.481 e. The molecule has 0 aliphatic heterocycles. The van der Waals surface area contributed by atoms with Gasteiger partial charge in [0.2, 0.25) is 0 Å². The number of alkyl halides is 3. The molecule has 0 aromatic heterocycles. The Hall–Kier alpha value is -0.390. The average molecular weight is 230 g/mol. The summed E-state index contributed by atoms with van der Waals surface area (Å²) in [5.41, 5.74) is -4.25. The Labute approximate surface area is 84.9 Å². The summed E-state index contributed by atoms with van der Waals surface area (Å²) in [6, 6.07) is 0. The number of hydrogen-bond donors (Lipinski definition) is 1. The molecular weight excluding hydrogens is 217 g/mol. The fourth-order valence-corrected chi connectivity index (χ4v) is 1.69. The first kappa shape index (κ1) is 13.6. The summed E-state index contributed by atoms with van der Waals surface area (Å²) in [5, 5.41) is 8.64. The molecule has 0 spiro atoms.